The highest BCUT2D eigenvalue weighted by molar-refractivity contribution is 7.89. The van der Waals surface area contributed by atoms with Gasteiger partial charge in [0.05, 0.1) is 10.5 Å². The smallest absolute Gasteiger partial charge is 0.338 e. The lowest BCUT2D eigenvalue weighted by Crippen LogP contribution is -2.22. The van der Waals surface area contributed by atoms with Crippen molar-refractivity contribution in [3.8, 4) is 0 Å². The van der Waals surface area contributed by atoms with Crippen molar-refractivity contribution in [2.75, 3.05) is 20.7 Å². The van der Waals surface area contributed by atoms with Gasteiger partial charge >= 0.3 is 5.97 Å². The zero-order chi connectivity index (χ0) is 20.9. The van der Waals surface area contributed by atoms with Crippen LogP contribution in [0.1, 0.15) is 52.5 Å². The summed E-state index contributed by atoms with van der Waals surface area (Å²) in [6, 6.07) is 12.7. The molecule has 0 N–H and O–H groups in total. The molecular weight excluding hydrogens is 378 g/mol. The first-order valence-corrected chi connectivity index (χ1v) is 10.4. The van der Waals surface area contributed by atoms with Crippen LogP contribution in [-0.2, 0) is 14.8 Å². The molecule has 150 valence electrons. The van der Waals surface area contributed by atoms with E-state index in [2.05, 4.69) is 13.8 Å². The molecule has 0 aliphatic carbocycles. The van der Waals surface area contributed by atoms with Gasteiger partial charge in [-0.1, -0.05) is 38.1 Å². The minimum absolute atomic E-state index is 0.0755. The van der Waals surface area contributed by atoms with E-state index >= 15 is 0 Å². The molecule has 7 heteroatoms. The molecule has 0 aliphatic heterocycles. The Morgan fingerprint density at radius 2 is 1.50 bits per heavy atom. The second kappa shape index (κ2) is 9.12. The van der Waals surface area contributed by atoms with Gasteiger partial charge in [-0.05, 0) is 42.2 Å². The van der Waals surface area contributed by atoms with Gasteiger partial charge in [-0.3, -0.25) is 4.79 Å². The van der Waals surface area contributed by atoms with Crippen molar-refractivity contribution in [2.45, 2.75) is 31.1 Å². The van der Waals surface area contributed by atoms with Gasteiger partial charge in [0.2, 0.25) is 10.0 Å². The van der Waals surface area contributed by atoms with Crippen LogP contribution in [0.4, 0.5) is 0 Å². The van der Waals surface area contributed by atoms with Crippen molar-refractivity contribution in [2.24, 2.45) is 0 Å². The number of rotatable bonds is 8. The average molecular weight is 404 g/mol. The number of hydrogen-bond acceptors (Lipinski definition) is 5. The molecule has 0 amide bonds. The van der Waals surface area contributed by atoms with Gasteiger partial charge in [0.25, 0.3) is 0 Å². The van der Waals surface area contributed by atoms with Gasteiger partial charge in [0, 0.05) is 19.7 Å². The minimum atomic E-state index is -3.57. The Labute approximate surface area is 166 Å². The summed E-state index contributed by atoms with van der Waals surface area (Å²) in [7, 11) is -0.708. The maximum Gasteiger partial charge on any atom is 0.338 e. The van der Waals surface area contributed by atoms with Crippen molar-refractivity contribution in [3.05, 3.63) is 65.2 Å². The van der Waals surface area contributed by atoms with Crippen LogP contribution in [-0.4, -0.2) is 45.2 Å². The molecule has 0 unspecified atom stereocenters. The van der Waals surface area contributed by atoms with E-state index in [-0.39, 0.29) is 22.8 Å². The second-order valence-electron chi connectivity index (χ2n) is 6.74. The third-order valence-electron chi connectivity index (χ3n) is 4.62. The SMILES string of the molecule is CC[C@H](C)c1ccc(C(=O)COC(=O)c2ccc(S(=O)(=O)N(C)C)cc2)cc1. The van der Waals surface area contributed by atoms with E-state index in [1.165, 1.54) is 38.4 Å². The topological polar surface area (TPSA) is 80.8 Å². The first-order valence-electron chi connectivity index (χ1n) is 8.99. The monoisotopic (exact) mass is 403 g/mol. The number of carbonyl (C=O) groups is 2. The van der Waals surface area contributed by atoms with Crippen LogP contribution < -0.4 is 0 Å². The summed E-state index contributed by atoms with van der Waals surface area (Å²) in [5.41, 5.74) is 1.81. The zero-order valence-electron chi connectivity index (χ0n) is 16.5. The van der Waals surface area contributed by atoms with Crippen molar-refractivity contribution in [1.29, 1.82) is 0 Å². The fraction of sp³-hybridized carbons (Fsp3) is 0.333. The molecule has 1 atom stereocenters. The fourth-order valence-corrected chi connectivity index (χ4v) is 3.41. The van der Waals surface area contributed by atoms with Gasteiger partial charge in [-0.2, -0.15) is 0 Å². The second-order valence-corrected chi connectivity index (χ2v) is 8.89. The average Bonchev–Trinajstić information content (AvgIpc) is 2.71. The van der Waals surface area contributed by atoms with Crippen molar-refractivity contribution < 1.29 is 22.7 Å². The largest absolute Gasteiger partial charge is 0.454 e. The Hall–Kier alpha value is -2.51. The number of ether oxygens (including phenoxy) is 1. The molecule has 0 aromatic heterocycles. The van der Waals surface area contributed by atoms with Crippen molar-refractivity contribution >= 4 is 21.8 Å². The predicted molar refractivity (Wildman–Crippen MR) is 107 cm³/mol. The summed E-state index contributed by atoms with van der Waals surface area (Å²) < 4.78 is 30.2. The molecule has 2 rings (SSSR count). The van der Waals surface area contributed by atoms with E-state index in [1.54, 1.807) is 12.1 Å². The lowest BCUT2D eigenvalue weighted by molar-refractivity contribution is 0.0474. The normalized spacial score (nSPS) is 12.6. The number of sulfonamides is 1. The van der Waals surface area contributed by atoms with E-state index in [1.807, 2.05) is 12.1 Å². The number of Topliss-reactive ketones (excluding diaryl/α,β-unsaturated/α-hetero) is 1. The molecular formula is C21H25NO5S. The number of carbonyl (C=O) groups excluding carboxylic acids is 2. The van der Waals surface area contributed by atoms with Gasteiger partial charge in [-0.25, -0.2) is 17.5 Å². The molecule has 0 saturated heterocycles. The first kappa shape index (κ1) is 21.8. The highest BCUT2D eigenvalue weighted by Gasteiger charge is 2.18. The molecule has 2 aromatic carbocycles. The molecule has 0 heterocycles. The maximum atomic E-state index is 12.2. The number of ketones is 1. The van der Waals surface area contributed by atoms with Crippen LogP contribution >= 0.6 is 0 Å². The molecule has 0 radical (unpaired) electrons. The highest BCUT2D eigenvalue weighted by atomic mass is 32.2. The molecule has 0 saturated carbocycles. The van der Waals surface area contributed by atoms with E-state index in [0.717, 1.165) is 16.3 Å². The summed E-state index contributed by atoms with van der Waals surface area (Å²) in [4.78, 5) is 24.4. The molecule has 0 bridgehead atoms. The zero-order valence-corrected chi connectivity index (χ0v) is 17.3. The molecule has 6 nitrogen and oxygen atoms in total. The molecule has 2 aromatic rings. The number of hydrogen-bond donors (Lipinski definition) is 0. The quantitative estimate of drug-likeness (QED) is 0.498. The molecule has 28 heavy (non-hydrogen) atoms. The van der Waals surface area contributed by atoms with E-state index in [4.69, 9.17) is 4.74 Å². The Kier molecular flexibility index (Phi) is 7.10. The van der Waals surface area contributed by atoms with Crippen molar-refractivity contribution in [3.63, 3.8) is 0 Å². The minimum Gasteiger partial charge on any atom is -0.454 e. The Morgan fingerprint density at radius 1 is 0.964 bits per heavy atom. The molecule has 0 fully saturated rings. The van der Waals surface area contributed by atoms with Gasteiger partial charge in [-0.15, -0.1) is 0 Å². The lowest BCUT2D eigenvalue weighted by atomic mass is 9.97. The first-order chi connectivity index (χ1) is 13.2. The summed E-state index contributed by atoms with van der Waals surface area (Å²) >= 11 is 0. The Morgan fingerprint density at radius 3 is 2.00 bits per heavy atom. The third kappa shape index (κ3) is 5.05. The Bertz CT molecular complexity index is 932. The summed E-state index contributed by atoms with van der Waals surface area (Å²) in [6.07, 6.45) is 1.01. The number of nitrogens with zero attached hydrogens (tertiary/aromatic N) is 1. The van der Waals surface area contributed by atoms with Gasteiger partial charge in [0.15, 0.2) is 12.4 Å². The maximum absolute atomic E-state index is 12.2. The molecule has 0 aliphatic rings. The summed E-state index contributed by atoms with van der Waals surface area (Å²) in [6.45, 7) is 3.85. The number of benzene rings is 2. The Balaban J connectivity index is 1.99. The van der Waals surface area contributed by atoms with Gasteiger partial charge < -0.3 is 4.74 Å². The van der Waals surface area contributed by atoms with E-state index in [0.29, 0.717) is 11.5 Å². The fourth-order valence-electron chi connectivity index (χ4n) is 2.50. The lowest BCUT2D eigenvalue weighted by Gasteiger charge is -2.11. The van der Waals surface area contributed by atoms with Crippen LogP contribution in [0.5, 0.6) is 0 Å². The third-order valence-corrected chi connectivity index (χ3v) is 6.45. The van der Waals surface area contributed by atoms with Crippen LogP contribution in [0, 0.1) is 0 Å². The summed E-state index contributed by atoms with van der Waals surface area (Å²) in [5.74, 6) is -0.560. The summed E-state index contributed by atoms with van der Waals surface area (Å²) in [5, 5.41) is 0. The highest BCUT2D eigenvalue weighted by Crippen LogP contribution is 2.19. The predicted octanol–water partition coefficient (Wildman–Crippen LogP) is 3.49. The standard InChI is InChI=1S/C21H25NO5S/c1-5-15(2)16-6-8-17(9-7-16)20(23)14-27-21(24)18-10-12-19(13-11-18)28(25,26)22(3)4/h6-13,15H,5,14H2,1-4H3/t15-/m0/s1. The van der Waals surface area contributed by atoms with Crippen LogP contribution in [0.3, 0.4) is 0 Å². The van der Waals surface area contributed by atoms with E-state index in [9.17, 15) is 18.0 Å². The van der Waals surface area contributed by atoms with E-state index < -0.39 is 16.0 Å². The van der Waals surface area contributed by atoms with Crippen molar-refractivity contribution in [1.82, 2.24) is 4.31 Å². The van der Waals surface area contributed by atoms with Gasteiger partial charge in [0.1, 0.15) is 0 Å². The molecule has 0 spiro atoms. The van der Waals surface area contributed by atoms with Crippen LogP contribution in [0.25, 0.3) is 0 Å². The number of esters is 1. The van der Waals surface area contributed by atoms with Crippen LogP contribution in [0.2, 0.25) is 0 Å². The van der Waals surface area contributed by atoms with Crippen LogP contribution in [0.15, 0.2) is 53.4 Å².